The van der Waals surface area contributed by atoms with Crippen LogP contribution in [0.25, 0.3) is 0 Å². The van der Waals surface area contributed by atoms with E-state index in [2.05, 4.69) is 14.4 Å². The van der Waals surface area contributed by atoms with Crippen LogP contribution in [0.2, 0.25) is 0 Å². The molecule has 202 valence electrons. The second kappa shape index (κ2) is 9.06. The Morgan fingerprint density at radius 3 is 2.68 bits per heavy atom. The zero-order valence-electron chi connectivity index (χ0n) is 20.6. The largest absolute Gasteiger partial charge is 0.511 e. The highest BCUT2D eigenvalue weighted by Crippen LogP contribution is 2.55. The highest BCUT2D eigenvalue weighted by atomic mass is 32.2. The molecule has 3 fully saturated rings. The predicted octanol–water partition coefficient (Wildman–Crippen LogP) is 2.96. The van der Waals surface area contributed by atoms with Crippen molar-refractivity contribution in [1.29, 1.82) is 0 Å². The SMILES string of the molecule is CS(=O)(=O)NCc1csc2c1S(=O)(=O)N=C(C1=C(O)C3C([C@@H]4CC[C@H]3C4)N(CCC3CCCC3)C1=O)N2. The number of carbonyl (C=O) groups is 1. The number of carbonyl (C=O) groups excluding carboxylic acids is 1. The Morgan fingerprint density at radius 2 is 1.95 bits per heavy atom. The number of nitrogens with zero attached hydrogens (tertiary/aromatic N) is 2. The monoisotopic (exact) mass is 568 g/mol. The van der Waals surface area contributed by atoms with Gasteiger partial charge in [-0.1, -0.05) is 25.7 Å². The van der Waals surface area contributed by atoms with Crippen LogP contribution in [-0.4, -0.2) is 57.4 Å². The summed E-state index contributed by atoms with van der Waals surface area (Å²) in [5.41, 5.74) is 0.235. The van der Waals surface area contributed by atoms with Crippen molar-refractivity contribution in [2.75, 3.05) is 18.1 Å². The second-order valence-corrected chi connectivity index (χ2v) is 15.4. The van der Waals surface area contributed by atoms with Crippen molar-refractivity contribution in [2.45, 2.75) is 68.8 Å². The van der Waals surface area contributed by atoms with E-state index >= 15 is 0 Å². The molecule has 6 rings (SSSR count). The van der Waals surface area contributed by atoms with Gasteiger partial charge in [0.15, 0.2) is 5.84 Å². The Kier molecular flexibility index (Phi) is 6.20. The van der Waals surface area contributed by atoms with Gasteiger partial charge < -0.3 is 15.3 Å². The zero-order valence-corrected chi connectivity index (χ0v) is 23.1. The number of fused-ring (bicyclic) bond motifs is 6. The molecule has 0 saturated heterocycles. The van der Waals surface area contributed by atoms with E-state index in [1.165, 1.54) is 25.7 Å². The minimum absolute atomic E-state index is 0.0387. The number of hydrogen-bond acceptors (Lipinski definition) is 8. The third-order valence-corrected chi connectivity index (χ3v) is 12.0. The summed E-state index contributed by atoms with van der Waals surface area (Å²) >= 11 is 1.10. The molecule has 0 spiro atoms. The van der Waals surface area contributed by atoms with Crippen molar-refractivity contribution in [3.8, 4) is 0 Å². The van der Waals surface area contributed by atoms with Gasteiger partial charge in [0.05, 0.1) is 6.26 Å². The van der Waals surface area contributed by atoms with E-state index in [0.29, 0.717) is 18.4 Å². The number of sulfonamides is 2. The molecule has 37 heavy (non-hydrogen) atoms. The third kappa shape index (κ3) is 4.41. The van der Waals surface area contributed by atoms with E-state index in [1.807, 2.05) is 4.90 Å². The molecular formula is C24H32N4O6S3. The summed E-state index contributed by atoms with van der Waals surface area (Å²) in [4.78, 5) is 15.7. The lowest BCUT2D eigenvalue weighted by Crippen LogP contribution is -2.54. The topological polar surface area (TPSA) is 145 Å². The second-order valence-electron chi connectivity index (χ2n) is 11.1. The van der Waals surface area contributed by atoms with E-state index in [9.17, 15) is 26.7 Å². The number of amidine groups is 1. The van der Waals surface area contributed by atoms with Crippen LogP contribution in [0.3, 0.4) is 0 Å². The fraction of sp³-hybridized carbons (Fsp3) is 0.667. The van der Waals surface area contributed by atoms with Crippen LogP contribution >= 0.6 is 11.3 Å². The van der Waals surface area contributed by atoms with Crippen LogP contribution in [0.5, 0.6) is 0 Å². The normalized spacial score (nSPS) is 30.9. The molecule has 4 atom stereocenters. The lowest BCUT2D eigenvalue weighted by Gasteiger charge is -2.44. The van der Waals surface area contributed by atoms with Gasteiger partial charge >= 0.3 is 0 Å². The van der Waals surface area contributed by atoms with E-state index in [0.717, 1.165) is 43.3 Å². The Bertz CT molecular complexity index is 1410. The first-order valence-corrected chi connectivity index (χ1v) is 17.2. The van der Waals surface area contributed by atoms with Gasteiger partial charge in [-0.25, -0.2) is 13.1 Å². The number of aliphatic hydroxyl groups excluding tert-OH is 1. The first-order valence-electron chi connectivity index (χ1n) is 12.9. The van der Waals surface area contributed by atoms with Crippen molar-refractivity contribution < 1.29 is 26.7 Å². The number of hydrogen-bond donors (Lipinski definition) is 3. The molecule has 2 bridgehead atoms. The van der Waals surface area contributed by atoms with Crippen molar-refractivity contribution in [1.82, 2.24) is 9.62 Å². The van der Waals surface area contributed by atoms with Gasteiger partial charge in [0, 0.05) is 30.6 Å². The molecule has 10 nitrogen and oxygen atoms in total. The number of amides is 1. The number of anilines is 1. The van der Waals surface area contributed by atoms with Gasteiger partial charge in [0.2, 0.25) is 10.0 Å². The molecule has 1 aromatic heterocycles. The highest BCUT2D eigenvalue weighted by molar-refractivity contribution is 7.91. The smallest absolute Gasteiger partial charge is 0.287 e. The first kappa shape index (κ1) is 25.3. The molecule has 2 aliphatic heterocycles. The number of nitrogens with one attached hydrogen (secondary N) is 2. The molecule has 0 aromatic carbocycles. The molecule has 3 saturated carbocycles. The van der Waals surface area contributed by atoms with E-state index in [4.69, 9.17) is 0 Å². The Hall–Kier alpha value is -1.96. The summed E-state index contributed by atoms with van der Waals surface area (Å²) in [5, 5.41) is 16.2. The van der Waals surface area contributed by atoms with Crippen molar-refractivity contribution in [2.24, 2.45) is 28.1 Å². The van der Waals surface area contributed by atoms with Crippen LogP contribution < -0.4 is 10.0 Å². The third-order valence-electron chi connectivity index (χ3n) is 8.81. The highest BCUT2D eigenvalue weighted by Gasteiger charge is 2.57. The molecule has 3 aliphatic carbocycles. The van der Waals surface area contributed by atoms with Gasteiger partial charge in [0.1, 0.15) is 21.2 Å². The molecule has 13 heteroatoms. The molecule has 3 N–H and O–H groups in total. The summed E-state index contributed by atoms with van der Waals surface area (Å²) in [5.74, 6) is 0.507. The average molecular weight is 569 g/mol. The fourth-order valence-corrected chi connectivity index (χ4v) is 10.3. The minimum atomic E-state index is -4.23. The summed E-state index contributed by atoms with van der Waals surface area (Å²) in [6.45, 7) is 0.418. The lowest BCUT2D eigenvalue weighted by molar-refractivity contribution is -0.133. The summed E-state index contributed by atoms with van der Waals surface area (Å²) in [7, 11) is -7.76. The molecule has 1 aromatic rings. The quantitative estimate of drug-likeness (QED) is 0.458. The molecule has 3 heterocycles. The molecule has 5 aliphatic rings. The van der Waals surface area contributed by atoms with Crippen molar-refractivity contribution in [3.05, 3.63) is 22.3 Å². The Morgan fingerprint density at radius 1 is 1.22 bits per heavy atom. The summed E-state index contributed by atoms with van der Waals surface area (Å²) in [6, 6.07) is -0.0387. The van der Waals surface area contributed by atoms with Crippen LogP contribution in [0.1, 0.15) is 56.9 Å². The van der Waals surface area contributed by atoms with E-state index in [1.54, 1.807) is 5.38 Å². The lowest BCUT2D eigenvalue weighted by atomic mass is 9.77. The van der Waals surface area contributed by atoms with Crippen LogP contribution in [0.15, 0.2) is 26.0 Å². The minimum Gasteiger partial charge on any atom is -0.511 e. The molecular weight excluding hydrogens is 536 g/mol. The van der Waals surface area contributed by atoms with Gasteiger partial charge in [-0.05, 0) is 48.8 Å². The molecule has 0 radical (unpaired) electrons. The number of aliphatic hydroxyl groups is 1. The molecule has 1 amide bonds. The average Bonchev–Trinajstić information content (AvgIpc) is 3.60. The van der Waals surface area contributed by atoms with Gasteiger partial charge in [0.25, 0.3) is 15.9 Å². The maximum atomic E-state index is 13.9. The fourth-order valence-electron chi connectivity index (χ4n) is 7.23. The Balaban J connectivity index is 1.34. The number of rotatable bonds is 7. The van der Waals surface area contributed by atoms with E-state index < -0.39 is 20.0 Å². The van der Waals surface area contributed by atoms with Crippen LogP contribution in [0, 0.1) is 23.7 Å². The van der Waals surface area contributed by atoms with Crippen LogP contribution in [-0.2, 0) is 31.4 Å². The van der Waals surface area contributed by atoms with Crippen molar-refractivity contribution in [3.63, 3.8) is 0 Å². The van der Waals surface area contributed by atoms with Crippen LogP contribution in [0.4, 0.5) is 5.00 Å². The maximum absolute atomic E-state index is 13.9. The van der Waals surface area contributed by atoms with Gasteiger partial charge in [-0.15, -0.1) is 15.7 Å². The van der Waals surface area contributed by atoms with Crippen molar-refractivity contribution >= 4 is 48.1 Å². The Labute approximate surface area is 221 Å². The first-order chi connectivity index (χ1) is 17.5. The molecule has 2 unspecified atom stereocenters. The standard InChI is InChI=1S/C24H32N4O6S3/c1-36(31,32)25-11-16-12-35-23-21(16)37(33,34)27-22(26-23)18-20(29)17-14-6-7-15(10-14)19(17)28(24(18)30)9-8-13-4-2-3-5-13/h12-15,17,19,25,29H,2-11H2,1H3,(H,26,27)/t14-,15+,17?,19?/m0/s1. The van der Waals surface area contributed by atoms with E-state index in [-0.39, 0.29) is 63.0 Å². The van der Waals surface area contributed by atoms with Gasteiger partial charge in [-0.2, -0.15) is 8.42 Å². The number of thiophene rings is 1. The zero-order chi connectivity index (χ0) is 26.1. The van der Waals surface area contributed by atoms with Gasteiger partial charge in [-0.3, -0.25) is 4.79 Å². The maximum Gasteiger partial charge on any atom is 0.287 e. The predicted molar refractivity (Wildman–Crippen MR) is 140 cm³/mol. The summed E-state index contributed by atoms with van der Waals surface area (Å²) < 4.78 is 55.8. The summed E-state index contributed by atoms with van der Waals surface area (Å²) in [6.07, 6.45) is 9.76.